The van der Waals surface area contributed by atoms with Crippen LogP contribution in [0.25, 0.3) is 0 Å². The molecule has 0 radical (unpaired) electrons. The van der Waals surface area contributed by atoms with Crippen molar-refractivity contribution in [3.05, 3.63) is 77.6 Å². The van der Waals surface area contributed by atoms with Gasteiger partial charge in [0.05, 0.1) is 12.0 Å². The Morgan fingerprint density at radius 3 is 2.54 bits per heavy atom. The molecule has 0 atom stereocenters. The van der Waals surface area contributed by atoms with E-state index in [1.165, 1.54) is 6.26 Å². The second kappa shape index (κ2) is 7.52. The first kappa shape index (κ1) is 17.2. The Morgan fingerprint density at radius 1 is 1.00 bits per heavy atom. The monoisotopic (exact) mass is 351 g/mol. The van der Waals surface area contributed by atoms with Crippen LogP contribution in [-0.2, 0) is 0 Å². The molecule has 2 amide bonds. The molecule has 0 spiro atoms. The lowest BCUT2D eigenvalue weighted by Crippen LogP contribution is -2.18. The van der Waals surface area contributed by atoms with Gasteiger partial charge < -0.3 is 14.2 Å². The van der Waals surface area contributed by atoms with Crippen LogP contribution >= 0.6 is 0 Å². The van der Waals surface area contributed by atoms with Crippen LogP contribution in [0.2, 0.25) is 0 Å². The molecule has 2 N–H and O–H groups in total. The molecule has 7 heteroatoms. The summed E-state index contributed by atoms with van der Waals surface area (Å²) in [6.07, 6.45) is 1.41. The number of benzene rings is 1. The second-order valence-corrected chi connectivity index (χ2v) is 5.56. The van der Waals surface area contributed by atoms with Gasteiger partial charge >= 0.3 is 5.91 Å². The van der Waals surface area contributed by atoms with Gasteiger partial charge in [0.25, 0.3) is 5.91 Å². The SMILES string of the molecule is CC(=NNC(=O)c1ccco1)c1cccc(NC(=O)c2ccc(C)o2)c1. The average Bonchev–Trinajstić information content (AvgIpc) is 3.31. The predicted octanol–water partition coefficient (Wildman–Crippen LogP) is 3.59. The molecule has 26 heavy (non-hydrogen) atoms. The van der Waals surface area contributed by atoms with Crippen LogP contribution in [0.5, 0.6) is 0 Å². The maximum atomic E-state index is 12.2. The Kier molecular flexibility index (Phi) is 4.98. The minimum absolute atomic E-state index is 0.177. The predicted molar refractivity (Wildman–Crippen MR) is 96.2 cm³/mol. The first-order valence-corrected chi connectivity index (χ1v) is 7.89. The van der Waals surface area contributed by atoms with E-state index < -0.39 is 5.91 Å². The number of furan rings is 2. The maximum Gasteiger partial charge on any atom is 0.307 e. The van der Waals surface area contributed by atoms with Crippen LogP contribution in [0.3, 0.4) is 0 Å². The number of carbonyl (C=O) groups excluding carboxylic acids is 2. The summed E-state index contributed by atoms with van der Waals surface area (Å²) in [6, 6.07) is 13.6. The summed E-state index contributed by atoms with van der Waals surface area (Å²) in [5, 5.41) is 6.82. The lowest BCUT2D eigenvalue weighted by molar-refractivity contribution is 0.0926. The van der Waals surface area contributed by atoms with Crippen molar-refractivity contribution in [2.24, 2.45) is 5.10 Å². The van der Waals surface area contributed by atoms with Gasteiger partial charge in [0, 0.05) is 5.69 Å². The number of carbonyl (C=O) groups is 2. The number of amides is 2. The molecule has 2 heterocycles. The Bertz CT molecular complexity index is 955. The van der Waals surface area contributed by atoms with Crippen molar-refractivity contribution in [1.82, 2.24) is 5.43 Å². The topological polar surface area (TPSA) is 96.8 Å². The third-order valence-electron chi connectivity index (χ3n) is 3.57. The Labute approximate surface area is 149 Å². The van der Waals surface area contributed by atoms with Crippen LogP contribution in [0, 0.1) is 6.92 Å². The highest BCUT2D eigenvalue weighted by atomic mass is 16.4. The van der Waals surface area contributed by atoms with E-state index in [0.29, 0.717) is 17.2 Å². The van der Waals surface area contributed by atoms with Crippen molar-refractivity contribution >= 4 is 23.2 Å². The van der Waals surface area contributed by atoms with Gasteiger partial charge in [0.15, 0.2) is 11.5 Å². The van der Waals surface area contributed by atoms with Crippen molar-refractivity contribution in [2.75, 3.05) is 5.32 Å². The highest BCUT2D eigenvalue weighted by Crippen LogP contribution is 2.14. The minimum atomic E-state index is -0.438. The van der Waals surface area contributed by atoms with Gasteiger partial charge in [-0.15, -0.1) is 0 Å². The van der Waals surface area contributed by atoms with Crippen molar-refractivity contribution < 1.29 is 18.4 Å². The molecule has 0 aliphatic carbocycles. The summed E-state index contributed by atoms with van der Waals surface area (Å²) in [5.41, 5.74) is 4.34. The zero-order valence-corrected chi connectivity index (χ0v) is 14.3. The molecule has 0 saturated carbocycles. The van der Waals surface area contributed by atoms with Crippen molar-refractivity contribution in [3.63, 3.8) is 0 Å². The molecule has 0 saturated heterocycles. The number of hydrazone groups is 1. The normalized spacial score (nSPS) is 11.2. The van der Waals surface area contributed by atoms with E-state index in [0.717, 1.165) is 5.56 Å². The third kappa shape index (κ3) is 4.07. The first-order chi connectivity index (χ1) is 12.5. The average molecular weight is 351 g/mol. The highest BCUT2D eigenvalue weighted by Gasteiger charge is 2.11. The smallest absolute Gasteiger partial charge is 0.307 e. The summed E-state index contributed by atoms with van der Waals surface area (Å²) < 4.78 is 10.3. The Hall–Kier alpha value is -3.61. The van der Waals surface area contributed by atoms with E-state index in [9.17, 15) is 9.59 Å². The van der Waals surface area contributed by atoms with Gasteiger partial charge in [-0.2, -0.15) is 5.10 Å². The molecule has 3 rings (SSSR count). The van der Waals surface area contributed by atoms with Crippen LogP contribution in [0.1, 0.15) is 39.4 Å². The quantitative estimate of drug-likeness (QED) is 0.542. The fraction of sp³-hybridized carbons (Fsp3) is 0.105. The molecular weight excluding hydrogens is 334 g/mol. The summed E-state index contributed by atoms with van der Waals surface area (Å²) in [7, 11) is 0. The molecule has 132 valence electrons. The molecule has 0 unspecified atom stereocenters. The number of hydrogen-bond donors (Lipinski definition) is 2. The van der Waals surface area contributed by atoms with Gasteiger partial charge in [0.1, 0.15) is 5.76 Å². The number of aryl methyl sites for hydroxylation is 1. The molecule has 7 nitrogen and oxygen atoms in total. The molecule has 0 bridgehead atoms. The Morgan fingerprint density at radius 2 is 1.85 bits per heavy atom. The zero-order valence-electron chi connectivity index (χ0n) is 14.3. The summed E-state index contributed by atoms with van der Waals surface area (Å²) in [5.74, 6) is 0.308. The van der Waals surface area contributed by atoms with Crippen molar-refractivity contribution in [2.45, 2.75) is 13.8 Å². The zero-order chi connectivity index (χ0) is 18.5. The van der Waals surface area contributed by atoms with Gasteiger partial charge in [0.2, 0.25) is 0 Å². The number of nitrogens with zero attached hydrogens (tertiary/aromatic N) is 1. The summed E-state index contributed by atoms with van der Waals surface area (Å²) >= 11 is 0. The molecule has 3 aromatic rings. The molecule has 0 aliphatic rings. The maximum absolute atomic E-state index is 12.2. The van der Waals surface area contributed by atoms with Crippen LogP contribution < -0.4 is 10.7 Å². The van der Waals surface area contributed by atoms with E-state index in [-0.39, 0.29) is 17.4 Å². The first-order valence-electron chi connectivity index (χ1n) is 7.89. The van der Waals surface area contributed by atoms with E-state index in [4.69, 9.17) is 8.83 Å². The third-order valence-corrected chi connectivity index (χ3v) is 3.57. The van der Waals surface area contributed by atoms with Crippen LogP contribution in [-0.4, -0.2) is 17.5 Å². The van der Waals surface area contributed by atoms with Crippen LogP contribution in [0.4, 0.5) is 5.69 Å². The minimum Gasteiger partial charge on any atom is -0.459 e. The second-order valence-electron chi connectivity index (χ2n) is 5.56. The fourth-order valence-electron chi connectivity index (χ4n) is 2.23. The summed E-state index contributed by atoms with van der Waals surface area (Å²) in [6.45, 7) is 3.52. The van der Waals surface area contributed by atoms with E-state index >= 15 is 0 Å². The standard InChI is InChI=1S/C19H17N3O4/c1-12-8-9-17(26-12)18(23)20-15-6-3-5-14(11-15)13(2)21-22-19(24)16-7-4-10-25-16/h3-11H,1-2H3,(H,20,23)(H,22,24). The highest BCUT2D eigenvalue weighted by molar-refractivity contribution is 6.04. The largest absolute Gasteiger partial charge is 0.459 e. The molecule has 1 aromatic carbocycles. The van der Waals surface area contributed by atoms with Gasteiger partial charge in [-0.1, -0.05) is 12.1 Å². The van der Waals surface area contributed by atoms with Crippen molar-refractivity contribution in [1.29, 1.82) is 0 Å². The van der Waals surface area contributed by atoms with Crippen LogP contribution in [0.15, 0.2) is 68.7 Å². The number of rotatable bonds is 5. The molecule has 2 aromatic heterocycles. The molecular formula is C19H17N3O4. The van der Waals surface area contributed by atoms with E-state index in [2.05, 4.69) is 15.8 Å². The summed E-state index contributed by atoms with van der Waals surface area (Å²) in [4.78, 5) is 24.0. The number of nitrogens with one attached hydrogen (secondary N) is 2. The van der Waals surface area contributed by atoms with Gasteiger partial charge in [-0.3, -0.25) is 9.59 Å². The fourth-order valence-corrected chi connectivity index (χ4v) is 2.23. The lowest BCUT2D eigenvalue weighted by atomic mass is 10.1. The molecule has 0 aliphatic heterocycles. The number of anilines is 1. The van der Waals surface area contributed by atoms with Gasteiger partial charge in [-0.25, -0.2) is 5.43 Å². The lowest BCUT2D eigenvalue weighted by Gasteiger charge is -2.06. The van der Waals surface area contributed by atoms with Crippen molar-refractivity contribution in [3.8, 4) is 0 Å². The number of hydrogen-bond acceptors (Lipinski definition) is 5. The van der Waals surface area contributed by atoms with E-state index in [1.807, 2.05) is 6.07 Å². The van der Waals surface area contributed by atoms with E-state index in [1.54, 1.807) is 56.3 Å². The Balaban J connectivity index is 1.69. The molecule has 0 fully saturated rings. The van der Waals surface area contributed by atoms with Gasteiger partial charge in [-0.05, 0) is 55.8 Å².